The molecule has 1 aromatic heterocycles. The molecule has 88 valence electrons. The van der Waals surface area contributed by atoms with Crippen LogP contribution in [-0.4, -0.2) is 23.0 Å². The highest BCUT2D eigenvalue weighted by Crippen LogP contribution is 2.19. The molecule has 1 aliphatic rings. The quantitative estimate of drug-likeness (QED) is 0.810. The van der Waals surface area contributed by atoms with Crippen LogP contribution in [0.2, 0.25) is 0 Å². The third-order valence-corrected chi connectivity index (χ3v) is 2.63. The maximum Gasteiger partial charge on any atom is 0.242 e. The van der Waals surface area contributed by atoms with Crippen molar-refractivity contribution in [3.63, 3.8) is 0 Å². The first-order valence-electron chi connectivity index (χ1n) is 5.61. The lowest BCUT2D eigenvalue weighted by atomic mass is 10.2. The summed E-state index contributed by atoms with van der Waals surface area (Å²) in [5, 5.41) is 14.8. The van der Waals surface area contributed by atoms with Gasteiger partial charge in [-0.3, -0.25) is 9.78 Å². The number of nitriles is 1. The van der Waals surface area contributed by atoms with Crippen molar-refractivity contribution < 1.29 is 4.79 Å². The molecule has 5 nitrogen and oxygen atoms in total. The van der Waals surface area contributed by atoms with Crippen molar-refractivity contribution >= 4 is 11.6 Å². The largest absolute Gasteiger partial charge is 0.372 e. The van der Waals surface area contributed by atoms with Gasteiger partial charge in [0.15, 0.2) is 0 Å². The Balaban J connectivity index is 1.99. The number of aromatic nitrogens is 1. The van der Waals surface area contributed by atoms with E-state index in [1.807, 2.05) is 0 Å². The molecule has 1 unspecified atom stereocenters. The molecular formula is C12H14N4O. The van der Waals surface area contributed by atoms with Crippen LogP contribution in [0.3, 0.4) is 0 Å². The summed E-state index contributed by atoms with van der Waals surface area (Å²) in [6, 6.07) is 3.65. The molecule has 1 aliphatic carbocycles. The number of nitrogens with one attached hydrogen (secondary N) is 2. The Morgan fingerprint density at radius 3 is 3.06 bits per heavy atom. The van der Waals surface area contributed by atoms with Gasteiger partial charge < -0.3 is 10.6 Å². The van der Waals surface area contributed by atoms with Crippen LogP contribution in [0.1, 0.15) is 25.3 Å². The smallest absolute Gasteiger partial charge is 0.242 e. The summed E-state index contributed by atoms with van der Waals surface area (Å²) in [6.07, 6.45) is 5.24. The van der Waals surface area contributed by atoms with E-state index in [9.17, 15) is 4.79 Å². The van der Waals surface area contributed by atoms with Crippen LogP contribution in [0.15, 0.2) is 18.5 Å². The predicted molar refractivity (Wildman–Crippen MR) is 63.2 cm³/mol. The number of hydrogen-bond donors (Lipinski definition) is 2. The Bertz CT molecular complexity index is 462. The van der Waals surface area contributed by atoms with E-state index in [1.165, 1.54) is 0 Å². The molecule has 1 saturated carbocycles. The summed E-state index contributed by atoms with van der Waals surface area (Å²) < 4.78 is 0. The maximum absolute atomic E-state index is 11.7. The second kappa shape index (κ2) is 4.83. The first-order chi connectivity index (χ1) is 8.20. The van der Waals surface area contributed by atoms with E-state index in [-0.39, 0.29) is 11.9 Å². The molecule has 1 atom stereocenters. The molecule has 0 aromatic carbocycles. The van der Waals surface area contributed by atoms with E-state index in [4.69, 9.17) is 5.26 Å². The number of rotatable bonds is 4. The topological polar surface area (TPSA) is 77.8 Å². The molecule has 0 aliphatic heterocycles. The number of carbonyl (C=O) groups excluding carboxylic acids is 1. The third-order valence-electron chi connectivity index (χ3n) is 2.63. The second-order valence-electron chi connectivity index (χ2n) is 4.18. The summed E-state index contributed by atoms with van der Waals surface area (Å²) in [4.78, 5) is 15.7. The van der Waals surface area contributed by atoms with Crippen LogP contribution in [0.25, 0.3) is 0 Å². The highest BCUT2D eigenvalue weighted by atomic mass is 16.2. The molecule has 17 heavy (non-hydrogen) atoms. The minimum absolute atomic E-state index is 0.0414. The molecule has 5 heteroatoms. The van der Waals surface area contributed by atoms with Crippen molar-refractivity contribution in [3.8, 4) is 6.07 Å². The Labute approximate surface area is 99.9 Å². The fourth-order valence-electron chi connectivity index (χ4n) is 1.46. The lowest BCUT2D eigenvalue weighted by molar-refractivity contribution is -0.121. The van der Waals surface area contributed by atoms with Crippen LogP contribution >= 0.6 is 0 Å². The van der Waals surface area contributed by atoms with Gasteiger partial charge in [0.1, 0.15) is 12.1 Å². The molecule has 0 saturated heterocycles. The SMILES string of the molecule is CC(Nc1cnccc1C#N)C(=O)NC1CC1. The van der Waals surface area contributed by atoms with Gasteiger partial charge in [-0.15, -0.1) is 0 Å². The Kier molecular flexibility index (Phi) is 3.24. The minimum Gasteiger partial charge on any atom is -0.372 e. The number of pyridine rings is 1. The van der Waals surface area contributed by atoms with Crippen molar-refractivity contribution in [2.24, 2.45) is 0 Å². The highest BCUT2D eigenvalue weighted by molar-refractivity contribution is 5.85. The van der Waals surface area contributed by atoms with Crippen LogP contribution in [0, 0.1) is 11.3 Å². The van der Waals surface area contributed by atoms with Gasteiger partial charge in [-0.1, -0.05) is 0 Å². The van der Waals surface area contributed by atoms with Crippen molar-refractivity contribution in [1.29, 1.82) is 5.26 Å². The van der Waals surface area contributed by atoms with Gasteiger partial charge in [0, 0.05) is 12.2 Å². The first-order valence-corrected chi connectivity index (χ1v) is 5.61. The van der Waals surface area contributed by atoms with Crippen LogP contribution in [0.4, 0.5) is 5.69 Å². The molecule has 1 amide bonds. The molecule has 0 spiro atoms. The van der Waals surface area contributed by atoms with Gasteiger partial charge >= 0.3 is 0 Å². The summed E-state index contributed by atoms with van der Waals surface area (Å²) in [7, 11) is 0. The Hall–Kier alpha value is -2.09. The monoisotopic (exact) mass is 230 g/mol. The molecule has 1 heterocycles. The van der Waals surface area contributed by atoms with E-state index >= 15 is 0 Å². The summed E-state index contributed by atoms with van der Waals surface area (Å²) in [6.45, 7) is 1.77. The van der Waals surface area contributed by atoms with Crippen molar-refractivity contribution in [1.82, 2.24) is 10.3 Å². The molecule has 1 aromatic rings. The molecule has 2 N–H and O–H groups in total. The predicted octanol–water partition coefficient (Wildman–Crippen LogP) is 1.03. The van der Waals surface area contributed by atoms with Crippen molar-refractivity contribution in [2.45, 2.75) is 31.8 Å². The van der Waals surface area contributed by atoms with Crippen molar-refractivity contribution in [2.75, 3.05) is 5.32 Å². The maximum atomic E-state index is 11.7. The average molecular weight is 230 g/mol. The molecule has 0 radical (unpaired) electrons. The van der Waals surface area contributed by atoms with Crippen LogP contribution in [-0.2, 0) is 4.79 Å². The van der Waals surface area contributed by atoms with Gasteiger partial charge in [0.05, 0.1) is 17.4 Å². The summed E-state index contributed by atoms with van der Waals surface area (Å²) in [5.74, 6) is -0.0414. The lowest BCUT2D eigenvalue weighted by Gasteiger charge is -2.15. The number of hydrogen-bond acceptors (Lipinski definition) is 4. The zero-order valence-electron chi connectivity index (χ0n) is 9.60. The first kappa shape index (κ1) is 11.4. The van der Waals surface area contributed by atoms with E-state index in [0.29, 0.717) is 17.3 Å². The average Bonchev–Trinajstić information content (AvgIpc) is 3.13. The van der Waals surface area contributed by atoms with Gasteiger partial charge in [0.2, 0.25) is 5.91 Å². The molecular weight excluding hydrogens is 216 g/mol. The Morgan fingerprint density at radius 2 is 2.41 bits per heavy atom. The minimum atomic E-state index is -0.369. The van der Waals surface area contributed by atoms with Gasteiger partial charge in [-0.2, -0.15) is 5.26 Å². The fraction of sp³-hybridized carbons (Fsp3) is 0.417. The summed E-state index contributed by atoms with van der Waals surface area (Å²) >= 11 is 0. The van der Waals surface area contributed by atoms with E-state index < -0.39 is 0 Å². The lowest BCUT2D eigenvalue weighted by Crippen LogP contribution is -2.38. The fourth-order valence-corrected chi connectivity index (χ4v) is 1.46. The zero-order chi connectivity index (χ0) is 12.3. The van der Waals surface area contributed by atoms with Crippen molar-refractivity contribution in [3.05, 3.63) is 24.0 Å². The number of nitrogens with zero attached hydrogens (tertiary/aromatic N) is 2. The molecule has 0 bridgehead atoms. The van der Waals surface area contributed by atoms with Gasteiger partial charge in [-0.25, -0.2) is 0 Å². The van der Waals surface area contributed by atoms with Gasteiger partial charge in [-0.05, 0) is 25.8 Å². The summed E-state index contributed by atoms with van der Waals surface area (Å²) in [5.41, 5.74) is 1.08. The van der Waals surface area contributed by atoms with E-state index in [0.717, 1.165) is 12.8 Å². The third kappa shape index (κ3) is 2.94. The number of carbonyl (C=O) groups is 1. The molecule has 1 fully saturated rings. The van der Waals surface area contributed by atoms with E-state index in [2.05, 4.69) is 21.7 Å². The van der Waals surface area contributed by atoms with Gasteiger partial charge in [0.25, 0.3) is 0 Å². The van der Waals surface area contributed by atoms with Crippen LogP contribution < -0.4 is 10.6 Å². The van der Waals surface area contributed by atoms with E-state index in [1.54, 1.807) is 25.4 Å². The second-order valence-corrected chi connectivity index (χ2v) is 4.18. The number of anilines is 1. The normalized spacial score (nSPS) is 15.8. The zero-order valence-corrected chi connectivity index (χ0v) is 9.60. The standard InChI is InChI=1S/C12H14N4O/c1-8(12(17)16-10-2-3-10)15-11-7-14-5-4-9(11)6-13/h4-5,7-8,10,15H,2-3H2,1H3,(H,16,17). The highest BCUT2D eigenvalue weighted by Gasteiger charge is 2.25. The molecule has 2 rings (SSSR count). The Morgan fingerprint density at radius 1 is 1.65 bits per heavy atom. The van der Waals surface area contributed by atoms with Crippen LogP contribution in [0.5, 0.6) is 0 Å². The number of amides is 1.